The van der Waals surface area contributed by atoms with Gasteiger partial charge in [0.15, 0.2) is 0 Å². The Bertz CT molecular complexity index is 287. The van der Waals surface area contributed by atoms with Crippen molar-refractivity contribution in [2.75, 3.05) is 32.7 Å². The van der Waals surface area contributed by atoms with Gasteiger partial charge in [-0.2, -0.15) is 0 Å². The van der Waals surface area contributed by atoms with E-state index in [1.165, 1.54) is 12.8 Å². The standard InChI is InChI=1S/C14H27N3O/c1-3-4-12(10-15)16-5-7-17(8-6-16)14(18)13-9-11(13)2/h11-13H,3-10,15H2,1-2H3. The van der Waals surface area contributed by atoms with E-state index in [0.717, 1.165) is 39.1 Å². The Hall–Kier alpha value is -0.610. The molecule has 3 atom stereocenters. The average Bonchev–Trinajstić information content (AvgIpc) is 3.12. The van der Waals surface area contributed by atoms with Crippen molar-refractivity contribution in [3.8, 4) is 0 Å². The number of nitrogens with two attached hydrogens (primary N) is 1. The molecule has 0 spiro atoms. The lowest BCUT2D eigenvalue weighted by atomic mass is 10.1. The van der Waals surface area contributed by atoms with Gasteiger partial charge in [-0.25, -0.2) is 0 Å². The van der Waals surface area contributed by atoms with Crippen LogP contribution in [0.15, 0.2) is 0 Å². The molecule has 1 amide bonds. The molecule has 104 valence electrons. The number of piperazine rings is 1. The summed E-state index contributed by atoms with van der Waals surface area (Å²) in [5.74, 6) is 1.34. The van der Waals surface area contributed by atoms with E-state index in [2.05, 4.69) is 23.6 Å². The topological polar surface area (TPSA) is 49.6 Å². The highest BCUT2D eigenvalue weighted by atomic mass is 16.2. The van der Waals surface area contributed by atoms with Crippen molar-refractivity contribution < 1.29 is 4.79 Å². The van der Waals surface area contributed by atoms with Crippen LogP contribution in [0.1, 0.15) is 33.1 Å². The Kier molecular flexibility index (Phi) is 4.62. The second kappa shape index (κ2) is 6.02. The maximum atomic E-state index is 12.1. The summed E-state index contributed by atoms with van der Waals surface area (Å²) >= 11 is 0. The molecule has 2 rings (SSSR count). The van der Waals surface area contributed by atoms with Crippen molar-refractivity contribution in [2.24, 2.45) is 17.6 Å². The zero-order valence-electron chi connectivity index (χ0n) is 11.8. The molecule has 1 saturated heterocycles. The van der Waals surface area contributed by atoms with E-state index in [0.29, 0.717) is 23.8 Å². The van der Waals surface area contributed by atoms with Crippen LogP contribution in [0.5, 0.6) is 0 Å². The van der Waals surface area contributed by atoms with E-state index in [1.54, 1.807) is 0 Å². The summed E-state index contributed by atoms with van der Waals surface area (Å²) in [6.07, 6.45) is 3.45. The van der Waals surface area contributed by atoms with Crippen molar-refractivity contribution in [1.29, 1.82) is 0 Å². The van der Waals surface area contributed by atoms with Gasteiger partial charge in [-0.15, -0.1) is 0 Å². The third-order valence-corrected chi connectivity index (χ3v) is 4.46. The Morgan fingerprint density at radius 1 is 1.33 bits per heavy atom. The molecule has 4 nitrogen and oxygen atoms in total. The second-order valence-corrected chi connectivity index (χ2v) is 5.86. The number of carbonyl (C=O) groups is 1. The minimum absolute atomic E-state index is 0.331. The summed E-state index contributed by atoms with van der Waals surface area (Å²) in [4.78, 5) is 16.6. The first-order valence-corrected chi connectivity index (χ1v) is 7.40. The van der Waals surface area contributed by atoms with Crippen LogP contribution in [-0.2, 0) is 4.79 Å². The summed E-state index contributed by atoms with van der Waals surface area (Å²) in [5.41, 5.74) is 5.84. The van der Waals surface area contributed by atoms with Gasteiger partial charge in [-0.3, -0.25) is 9.69 Å². The fourth-order valence-corrected chi connectivity index (χ4v) is 2.99. The van der Waals surface area contributed by atoms with Gasteiger partial charge in [-0.05, 0) is 18.8 Å². The van der Waals surface area contributed by atoms with E-state index in [9.17, 15) is 4.79 Å². The van der Waals surface area contributed by atoms with Crippen molar-refractivity contribution in [3.63, 3.8) is 0 Å². The Morgan fingerprint density at radius 2 is 1.94 bits per heavy atom. The van der Waals surface area contributed by atoms with E-state index in [-0.39, 0.29) is 0 Å². The van der Waals surface area contributed by atoms with Crippen LogP contribution in [0.4, 0.5) is 0 Å². The molecule has 0 aromatic rings. The minimum Gasteiger partial charge on any atom is -0.340 e. The van der Waals surface area contributed by atoms with Crippen LogP contribution in [0, 0.1) is 11.8 Å². The number of carbonyl (C=O) groups excluding carboxylic acids is 1. The number of hydrogen-bond donors (Lipinski definition) is 1. The summed E-state index contributed by atoms with van der Waals surface area (Å²) in [7, 11) is 0. The highest BCUT2D eigenvalue weighted by Gasteiger charge is 2.42. The smallest absolute Gasteiger partial charge is 0.226 e. The van der Waals surface area contributed by atoms with Gasteiger partial charge in [0.05, 0.1) is 0 Å². The molecule has 2 fully saturated rings. The molecule has 0 aromatic carbocycles. The predicted molar refractivity (Wildman–Crippen MR) is 73.2 cm³/mol. The molecule has 1 aliphatic heterocycles. The van der Waals surface area contributed by atoms with Crippen LogP contribution in [0.3, 0.4) is 0 Å². The van der Waals surface area contributed by atoms with E-state index in [4.69, 9.17) is 5.73 Å². The van der Waals surface area contributed by atoms with Crippen LogP contribution in [0.25, 0.3) is 0 Å². The van der Waals surface area contributed by atoms with Crippen LogP contribution in [0.2, 0.25) is 0 Å². The molecule has 1 heterocycles. The van der Waals surface area contributed by atoms with Gasteiger partial charge in [0.2, 0.25) is 5.91 Å². The van der Waals surface area contributed by atoms with Gasteiger partial charge < -0.3 is 10.6 Å². The molecule has 1 saturated carbocycles. The Balaban J connectivity index is 1.78. The summed E-state index contributed by atoms with van der Waals surface area (Å²) in [6, 6.07) is 0.507. The van der Waals surface area contributed by atoms with Gasteiger partial charge in [0, 0.05) is 44.7 Å². The fourth-order valence-electron chi connectivity index (χ4n) is 2.99. The molecule has 0 radical (unpaired) electrons. The SMILES string of the molecule is CCCC(CN)N1CCN(C(=O)C2CC2C)CC1. The van der Waals surface area contributed by atoms with Crippen LogP contribution < -0.4 is 5.73 Å². The highest BCUT2D eigenvalue weighted by molar-refractivity contribution is 5.81. The zero-order valence-corrected chi connectivity index (χ0v) is 11.8. The van der Waals surface area contributed by atoms with Gasteiger partial charge >= 0.3 is 0 Å². The Morgan fingerprint density at radius 3 is 2.39 bits per heavy atom. The fraction of sp³-hybridized carbons (Fsp3) is 0.929. The number of rotatable bonds is 5. The molecule has 3 unspecified atom stereocenters. The quantitative estimate of drug-likeness (QED) is 0.792. The highest BCUT2D eigenvalue weighted by Crippen LogP contribution is 2.39. The lowest BCUT2D eigenvalue weighted by molar-refractivity contribution is -0.134. The molecular weight excluding hydrogens is 226 g/mol. The minimum atomic E-state index is 0.331. The molecule has 18 heavy (non-hydrogen) atoms. The normalized spacial score (nSPS) is 30.3. The molecule has 4 heteroatoms. The first-order valence-electron chi connectivity index (χ1n) is 7.40. The zero-order chi connectivity index (χ0) is 13.1. The van der Waals surface area contributed by atoms with Crippen molar-refractivity contribution in [3.05, 3.63) is 0 Å². The number of amides is 1. The van der Waals surface area contributed by atoms with Crippen molar-refractivity contribution >= 4 is 5.91 Å². The third-order valence-electron chi connectivity index (χ3n) is 4.46. The maximum Gasteiger partial charge on any atom is 0.226 e. The number of hydrogen-bond acceptors (Lipinski definition) is 3. The summed E-state index contributed by atoms with van der Waals surface area (Å²) in [6.45, 7) is 8.89. The monoisotopic (exact) mass is 253 g/mol. The van der Waals surface area contributed by atoms with Crippen molar-refractivity contribution in [2.45, 2.75) is 39.2 Å². The largest absolute Gasteiger partial charge is 0.340 e. The average molecular weight is 253 g/mol. The van der Waals surface area contributed by atoms with Crippen LogP contribution >= 0.6 is 0 Å². The lowest BCUT2D eigenvalue weighted by Crippen LogP contribution is -2.54. The third kappa shape index (κ3) is 3.04. The second-order valence-electron chi connectivity index (χ2n) is 5.86. The molecule has 2 aliphatic rings. The molecule has 0 aromatic heterocycles. The predicted octanol–water partition coefficient (Wildman–Crippen LogP) is 0.914. The van der Waals surface area contributed by atoms with Gasteiger partial charge in [-0.1, -0.05) is 20.3 Å². The van der Waals surface area contributed by atoms with Gasteiger partial charge in [0.1, 0.15) is 0 Å². The molecule has 1 aliphatic carbocycles. The summed E-state index contributed by atoms with van der Waals surface area (Å²) in [5, 5.41) is 0. The molecule has 2 N–H and O–H groups in total. The lowest BCUT2D eigenvalue weighted by Gasteiger charge is -2.39. The van der Waals surface area contributed by atoms with Crippen LogP contribution in [-0.4, -0.2) is 54.5 Å². The molecular formula is C14H27N3O. The first-order chi connectivity index (χ1) is 8.67. The first kappa shape index (κ1) is 13.8. The van der Waals surface area contributed by atoms with E-state index in [1.807, 2.05) is 0 Å². The maximum absolute atomic E-state index is 12.1. The number of nitrogens with zero attached hydrogens (tertiary/aromatic N) is 2. The van der Waals surface area contributed by atoms with Crippen molar-refractivity contribution in [1.82, 2.24) is 9.80 Å². The Labute approximate surface area is 110 Å². The van der Waals surface area contributed by atoms with E-state index < -0.39 is 0 Å². The molecule has 0 bridgehead atoms. The van der Waals surface area contributed by atoms with E-state index >= 15 is 0 Å². The van der Waals surface area contributed by atoms with Gasteiger partial charge in [0.25, 0.3) is 0 Å². The summed E-state index contributed by atoms with van der Waals surface area (Å²) < 4.78 is 0.